The van der Waals surface area contributed by atoms with Crippen LogP contribution in [0, 0.1) is 5.41 Å². The summed E-state index contributed by atoms with van der Waals surface area (Å²) < 4.78 is 3.69. The summed E-state index contributed by atoms with van der Waals surface area (Å²) in [5.41, 5.74) is 6.55. The van der Waals surface area contributed by atoms with E-state index in [4.69, 9.17) is 0 Å². The summed E-state index contributed by atoms with van der Waals surface area (Å²) in [5, 5.41) is 13.2. The Morgan fingerprint density at radius 1 is 1.13 bits per heavy atom. The van der Waals surface area contributed by atoms with Gasteiger partial charge in [0.25, 0.3) is 0 Å². The maximum atomic E-state index is 4.67. The molecule has 1 saturated carbocycles. The Morgan fingerprint density at radius 3 is 2.83 bits per heavy atom. The number of fused-ring (bicyclic) bond motifs is 2. The van der Waals surface area contributed by atoms with Gasteiger partial charge in [0.1, 0.15) is 5.65 Å². The molecule has 5 aromatic heterocycles. The van der Waals surface area contributed by atoms with Crippen molar-refractivity contribution in [1.29, 1.82) is 0 Å². The average Bonchev–Trinajstić information content (AvgIpc) is 3.12. The molecular weight excluding hydrogens is 376 g/mol. The third-order valence-electron chi connectivity index (χ3n) is 6.06. The van der Waals surface area contributed by atoms with Crippen LogP contribution in [-0.4, -0.2) is 40.9 Å². The van der Waals surface area contributed by atoms with Crippen molar-refractivity contribution in [2.45, 2.75) is 19.8 Å². The highest BCUT2D eigenvalue weighted by Gasteiger charge is 2.36. The molecule has 0 unspecified atom stereocenters. The molecule has 8 heteroatoms. The Hall–Kier alpha value is -3.68. The number of anilines is 1. The molecule has 0 aromatic carbocycles. The lowest BCUT2D eigenvalue weighted by atomic mass is 10.1. The van der Waals surface area contributed by atoms with Crippen LogP contribution in [0.4, 0.5) is 5.95 Å². The quantitative estimate of drug-likeness (QED) is 0.469. The Labute approximate surface area is 173 Å². The average molecular weight is 398 g/mol. The van der Waals surface area contributed by atoms with E-state index in [0.717, 1.165) is 45.3 Å². The van der Waals surface area contributed by atoms with E-state index in [1.54, 1.807) is 4.68 Å². The van der Waals surface area contributed by atoms with Crippen molar-refractivity contribution in [2.24, 2.45) is 12.5 Å². The number of aromatic nitrogens is 7. The molecule has 5 aromatic rings. The largest absolute Gasteiger partial charge is 0.354 e. The molecule has 0 amide bonds. The van der Waals surface area contributed by atoms with Crippen LogP contribution in [0.2, 0.25) is 0 Å². The maximum Gasteiger partial charge on any atom is 0.224 e. The lowest BCUT2D eigenvalue weighted by molar-refractivity contribution is 0.608. The third kappa shape index (κ3) is 2.83. The molecule has 0 saturated heterocycles. The van der Waals surface area contributed by atoms with Crippen LogP contribution in [0.5, 0.6) is 0 Å². The van der Waals surface area contributed by atoms with Crippen LogP contribution in [0.25, 0.3) is 38.8 Å². The molecular formula is C22H22N8. The minimum atomic E-state index is 0.409. The number of hydrogen-bond acceptors (Lipinski definition) is 5. The lowest BCUT2D eigenvalue weighted by Crippen LogP contribution is -2.13. The van der Waals surface area contributed by atoms with Crippen LogP contribution in [0.15, 0.2) is 49.3 Å². The third-order valence-corrected chi connectivity index (χ3v) is 6.06. The first-order valence-electron chi connectivity index (χ1n) is 10.1. The highest BCUT2D eigenvalue weighted by atomic mass is 15.2. The zero-order chi connectivity index (χ0) is 20.3. The standard InChI is InChI=1S/C22H22N8/c1-22(4-5-22)13-25-21-24-10-18-16(9-23-20(18)28-21)14-3-6-30-19(7-14)17(11-27-30)15-8-26-29(2)12-15/h3,6-12H,4-5,13H2,1-2H3,(H2,23,24,25,28). The minimum absolute atomic E-state index is 0.409. The minimum Gasteiger partial charge on any atom is -0.354 e. The predicted molar refractivity (Wildman–Crippen MR) is 116 cm³/mol. The summed E-state index contributed by atoms with van der Waals surface area (Å²) >= 11 is 0. The number of aryl methyl sites for hydroxylation is 1. The number of hydrogen-bond donors (Lipinski definition) is 2. The van der Waals surface area contributed by atoms with Gasteiger partial charge in [0.2, 0.25) is 5.95 Å². The van der Waals surface area contributed by atoms with Gasteiger partial charge in [-0.25, -0.2) is 9.50 Å². The fourth-order valence-electron chi connectivity index (χ4n) is 3.84. The first-order chi connectivity index (χ1) is 14.6. The molecule has 5 heterocycles. The zero-order valence-corrected chi connectivity index (χ0v) is 16.9. The van der Waals surface area contributed by atoms with Crippen LogP contribution < -0.4 is 5.32 Å². The highest BCUT2D eigenvalue weighted by molar-refractivity contribution is 5.95. The van der Waals surface area contributed by atoms with E-state index < -0.39 is 0 Å². The van der Waals surface area contributed by atoms with Gasteiger partial charge in [-0.3, -0.25) is 4.68 Å². The fourth-order valence-corrected chi connectivity index (χ4v) is 3.84. The number of nitrogens with one attached hydrogen (secondary N) is 2. The number of rotatable bonds is 5. The second kappa shape index (κ2) is 6.16. The molecule has 0 bridgehead atoms. The van der Waals surface area contributed by atoms with Gasteiger partial charge in [-0.1, -0.05) is 6.92 Å². The lowest BCUT2D eigenvalue weighted by Gasteiger charge is -2.09. The van der Waals surface area contributed by atoms with Crippen LogP contribution in [0.1, 0.15) is 19.8 Å². The van der Waals surface area contributed by atoms with E-state index in [0.29, 0.717) is 11.4 Å². The summed E-state index contributed by atoms with van der Waals surface area (Å²) in [5.74, 6) is 0.675. The Bertz CT molecular complexity index is 1380. The van der Waals surface area contributed by atoms with E-state index >= 15 is 0 Å². The molecule has 6 rings (SSSR count). The monoisotopic (exact) mass is 398 g/mol. The summed E-state index contributed by atoms with van der Waals surface area (Å²) in [7, 11) is 1.92. The second-order valence-electron chi connectivity index (χ2n) is 8.53. The predicted octanol–water partition coefficient (Wildman–Crippen LogP) is 3.89. The number of aromatic amines is 1. The fraction of sp³-hybridized carbons (Fsp3) is 0.273. The molecule has 0 atom stereocenters. The Morgan fingerprint density at radius 2 is 2.03 bits per heavy atom. The summed E-state index contributed by atoms with van der Waals surface area (Å²) in [4.78, 5) is 12.5. The van der Waals surface area contributed by atoms with Crippen LogP contribution in [-0.2, 0) is 7.05 Å². The van der Waals surface area contributed by atoms with Crippen molar-refractivity contribution >= 4 is 22.5 Å². The Balaban J connectivity index is 1.38. The van der Waals surface area contributed by atoms with E-state index in [1.165, 1.54) is 12.8 Å². The first-order valence-corrected chi connectivity index (χ1v) is 10.1. The number of H-pyrrole nitrogens is 1. The molecule has 150 valence electrons. The molecule has 8 nitrogen and oxygen atoms in total. The van der Waals surface area contributed by atoms with Crippen molar-refractivity contribution in [2.75, 3.05) is 11.9 Å². The van der Waals surface area contributed by atoms with Crippen LogP contribution >= 0.6 is 0 Å². The molecule has 0 radical (unpaired) electrons. The van der Waals surface area contributed by atoms with Gasteiger partial charge in [0.05, 0.1) is 17.9 Å². The maximum absolute atomic E-state index is 4.67. The van der Waals surface area contributed by atoms with E-state index in [1.807, 2.05) is 48.7 Å². The SMILES string of the molecule is Cn1cc(-c2cnn3ccc(-c4c[nH]c5nc(NCC6(C)CC6)ncc45)cc23)cn1. The van der Waals surface area contributed by atoms with Crippen LogP contribution in [0.3, 0.4) is 0 Å². The van der Waals surface area contributed by atoms with Crippen molar-refractivity contribution in [3.63, 3.8) is 0 Å². The molecule has 1 aliphatic carbocycles. The second-order valence-corrected chi connectivity index (χ2v) is 8.53. The van der Waals surface area contributed by atoms with E-state index in [9.17, 15) is 0 Å². The van der Waals surface area contributed by atoms with Gasteiger partial charge in [-0.2, -0.15) is 15.2 Å². The topological polar surface area (TPSA) is 88.7 Å². The number of pyridine rings is 1. The van der Waals surface area contributed by atoms with E-state index in [-0.39, 0.29) is 0 Å². The van der Waals surface area contributed by atoms with Gasteiger partial charge in [-0.05, 0) is 36.0 Å². The molecule has 30 heavy (non-hydrogen) atoms. The smallest absolute Gasteiger partial charge is 0.224 e. The number of nitrogens with zero attached hydrogens (tertiary/aromatic N) is 6. The summed E-state index contributed by atoms with van der Waals surface area (Å²) in [6.07, 6.45) is 14.2. The molecule has 2 N–H and O–H groups in total. The van der Waals surface area contributed by atoms with Crippen molar-refractivity contribution < 1.29 is 0 Å². The van der Waals surface area contributed by atoms with Gasteiger partial charge in [0.15, 0.2) is 0 Å². The summed E-state index contributed by atoms with van der Waals surface area (Å²) in [6.45, 7) is 3.21. The van der Waals surface area contributed by atoms with E-state index in [2.05, 4.69) is 49.5 Å². The van der Waals surface area contributed by atoms with Crippen molar-refractivity contribution in [3.8, 4) is 22.3 Å². The highest BCUT2D eigenvalue weighted by Crippen LogP contribution is 2.44. The van der Waals surface area contributed by atoms with Gasteiger partial charge >= 0.3 is 0 Å². The molecule has 0 aliphatic heterocycles. The van der Waals surface area contributed by atoms with Crippen molar-refractivity contribution in [3.05, 3.63) is 49.3 Å². The summed E-state index contributed by atoms with van der Waals surface area (Å²) in [6, 6.07) is 4.22. The molecule has 1 fully saturated rings. The normalized spacial score (nSPS) is 15.1. The first kappa shape index (κ1) is 17.2. The Kier molecular flexibility index (Phi) is 3.53. The van der Waals surface area contributed by atoms with Crippen molar-refractivity contribution in [1.82, 2.24) is 34.3 Å². The van der Waals surface area contributed by atoms with Gasteiger partial charge in [0, 0.05) is 60.5 Å². The zero-order valence-electron chi connectivity index (χ0n) is 16.9. The van der Waals surface area contributed by atoms with Gasteiger partial charge < -0.3 is 10.3 Å². The molecule has 0 spiro atoms. The van der Waals surface area contributed by atoms with Gasteiger partial charge in [-0.15, -0.1) is 0 Å². The molecule has 1 aliphatic rings.